The highest BCUT2D eigenvalue weighted by atomic mass is 32.2. The average molecular weight is 302 g/mol. The standard InChI is InChI=1S/C13H22N2O4S/c1-10-6-11(7-14)4-5-13(10)20(16,17)15-8-12(19-3)9-18-2/h4-6,12,15H,7-9,14H2,1-3H3. The molecule has 0 spiro atoms. The van der Waals surface area contributed by atoms with E-state index in [1.54, 1.807) is 25.1 Å². The second kappa shape index (κ2) is 7.70. The van der Waals surface area contributed by atoms with Crippen LogP contribution in [-0.2, 0) is 26.0 Å². The Morgan fingerprint density at radius 1 is 1.35 bits per heavy atom. The van der Waals surface area contributed by atoms with E-state index in [1.807, 2.05) is 0 Å². The molecule has 0 aliphatic carbocycles. The van der Waals surface area contributed by atoms with Gasteiger partial charge >= 0.3 is 0 Å². The zero-order chi connectivity index (χ0) is 15.2. The Bertz CT molecular complexity index is 531. The number of hydrogen-bond acceptors (Lipinski definition) is 5. The van der Waals surface area contributed by atoms with Crippen LogP contribution in [-0.4, -0.2) is 41.9 Å². The molecule has 0 aliphatic rings. The molecule has 1 aromatic carbocycles. The summed E-state index contributed by atoms with van der Waals surface area (Å²) in [6.07, 6.45) is -0.321. The first-order valence-electron chi connectivity index (χ1n) is 6.25. The summed E-state index contributed by atoms with van der Waals surface area (Å²) in [4.78, 5) is 0.252. The molecule has 0 heterocycles. The van der Waals surface area contributed by atoms with Crippen LogP contribution in [0.25, 0.3) is 0 Å². The molecular weight excluding hydrogens is 280 g/mol. The number of ether oxygens (including phenoxy) is 2. The molecule has 0 bridgehead atoms. The van der Waals surface area contributed by atoms with E-state index in [4.69, 9.17) is 15.2 Å². The van der Waals surface area contributed by atoms with Crippen molar-refractivity contribution in [3.05, 3.63) is 29.3 Å². The Hall–Kier alpha value is -0.990. The van der Waals surface area contributed by atoms with Crippen LogP contribution in [0.5, 0.6) is 0 Å². The number of benzene rings is 1. The van der Waals surface area contributed by atoms with Crippen LogP contribution in [0.1, 0.15) is 11.1 Å². The van der Waals surface area contributed by atoms with Crippen LogP contribution in [0.4, 0.5) is 0 Å². The van der Waals surface area contributed by atoms with Crippen molar-refractivity contribution in [1.29, 1.82) is 0 Å². The van der Waals surface area contributed by atoms with Crippen molar-refractivity contribution in [3.8, 4) is 0 Å². The van der Waals surface area contributed by atoms with Crippen molar-refractivity contribution < 1.29 is 17.9 Å². The van der Waals surface area contributed by atoms with E-state index in [0.717, 1.165) is 5.56 Å². The second-order valence-corrected chi connectivity index (χ2v) is 6.20. The Morgan fingerprint density at radius 2 is 2.05 bits per heavy atom. The molecule has 114 valence electrons. The molecule has 1 unspecified atom stereocenters. The van der Waals surface area contributed by atoms with Gasteiger partial charge in [0, 0.05) is 27.3 Å². The maximum absolute atomic E-state index is 12.2. The minimum absolute atomic E-state index is 0.157. The SMILES string of the molecule is COCC(CNS(=O)(=O)c1ccc(CN)cc1C)OC. The van der Waals surface area contributed by atoms with Gasteiger partial charge in [0.1, 0.15) is 0 Å². The summed E-state index contributed by atoms with van der Waals surface area (Å²) in [5.74, 6) is 0. The normalized spacial score (nSPS) is 13.4. The zero-order valence-corrected chi connectivity index (χ0v) is 12.9. The fraction of sp³-hybridized carbons (Fsp3) is 0.538. The molecule has 1 rings (SSSR count). The molecule has 0 aliphatic heterocycles. The summed E-state index contributed by atoms with van der Waals surface area (Å²) in [6.45, 7) is 2.61. The topological polar surface area (TPSA) is 90.7 Å². The van der Waals surface area contributed by atoms with Crippen LogP contribution in [0.15, 0.2) is 23.1 Å². The van der Waals surface area contributed by atoms with Crippen molar-refractivity contribution in [2.24, 2.45) is 5.73 Å². The quantitative estimate of drug-likeness (QED) is 0.725. The first-order chi connectivity index (χ1) is 9.44. The monoisotopic (exact) mass is 302 g/mol. The van der Waals surface area contributed by atoms with Gasteiger partial charge in [0.15, 0.2) is 0 Å². The third kappa shape index (κ3) is 4.53. The molecule has 0 saturated heterocycles. The highest BCUT2D eigenvalue weighted by Gasteiger charge is 2.18. The molecule has 20 heavy (non-hydrogen) atoms. The number of hydrogen-bond donors (Lipinski definition) is 2. The molecule has 1 aromatic rings. The van der Waals surface area contributed by atoms with Gasteiger partial charge in [0.25, 0.3) is 0 Å². The van der Waals surface area contributed by atoms with Gasteiger partial charge in [-0.1, -0.05) is 12.1 Å². The highest BCUT2D eigenvalue weighted by Crippen LogP contribution is 2.16. The number of nitrogens with one attached hydrogen (secondary N) is 1. The first kappa shape index (κ1) is 17.1. The van der Waals surface area contributed by atoms with Crippen molar-refractivity contribution in [2.45, 2.75) is 24.5 Å². The molecule has 0 amide bonds. The fourth-order valence-corrected chi connectivity index (χ4v) is 3.11. The largest absolute Gasteiger partial charge is 0.382 e. The van der Waals surface area contributed by atoms with Gasteiger partial charge in [-0.15, -0.1) is 0 Å². The average Bonchev–Trinajstić information content (AvgIpc) is 2.42. The summed E-state index contributed by atoms with van der Waals surface area (Å²) in [6, 6.07) is 5.06. The number of aryl methyl sites for hydroxylation is 1. The van der Waals surface area contributed by atoms with E-state index in [2.05, 4.69) is 4.72 Å². The van der Waals surface area contributed by atoms with Gasteiger partial charge in [-0.2, -0.15) is 0 Å². The Labute approximate surface area is 120 Å². The van der Waals surface area contributed by atoms with Gasteiger partial charge in [-0.3, -0.25) is 0 Å². The molecule has 6 nitrogen and oxygen atoms in total. The van der Waals surface area contributed by atoms with Crippen molar-refractivity contribution in [1.82, 2.24) is 4.72 Å². The van der Waals surface area contributed by atoms with Crippen LogP contribution in [0, 0.1) is 6.92 Å². The van der Waals surface area contributed by atoms with Gasteiger partial charge in [-0.25, -0.2) is 13.1 Å². The van der Waals surface area contributed by atoms with Crippen LogP contribution in [0.3, 0.4) is 0 Å². The van der Waals surface area contributed by atoms with E-state index in [-0.39, 0.29) is 17.5 Å². The maximum atomic E-state index is 12.2. The summed E-state index contributed by atoms with van der Waals surface area (Å²) in [5.41, 5.74) is 7.10. The van der Waals surface area contributed by atoms with Gasteiger partial charge in [-0.05, 0) is 24.1 Å². The number of sulfonamides is 1. The second-order valence-electron chi connectivity index (χ2n) is 4.47. The zero-order valence-electron chi connectivity index (χ0n) is 12.0. The van der Waals surface area contributed by atoms with Crippen molar-refractivity contribution in [2.75, 3.05) is 27.4 Å². The Morgan fingerprint density at radius 3 is 2.55 bits per heavy atom. The van der Waals surface area contributed by atoms with Gasteiger partial charge < -0.3 is 15.2 Å². The first-order valence-corrected chi connectivity index (χ1v) is 7.74. The van der Waals surface area contributed by atoms with E-state index >= 15 is 0 Å². The Balaban J connectivity index is 2.83. The summed E-state index contributed by atoms with van der Waals surface area (Å²) in [7, 11) is -0.515. The predicted octanol–water partition coefficient (Wildman–Crippen LogP) is 0.393. The Kier molecular flexibility index (Phi) is 6.57. The minimum Gasteiger partial charge on any atom is -0.382 e. The lowest BCUT2D eigenvalue weighted by atomic mass is 10.1. The van der Waals surface area contributed by atoms with E-state index < -0.39 is 10.0 Å². The van der Waals surface area contributed by atoms with Gasteiger partial charge in [0.05, 0.1) is 17.6 Å². The molecule has 3 N–H and O–H groups in total. The summed E-state index contributed by atoms with van der Waals surface area (Å²) in [5, 5.41) is 0. The number of methoxy groups -OCH3 is 2. The van der Waals surface area contributed by atoms with Gasteiger partial charge in [0.2, 0.25) is 10.0 Å². The summed E-state index contributed by atoms with van der Waals surface area (Å²) >= 11 is 0. The van der Waals surface area contributed by atoms with E-state index in [0.29, 0.717) is 18.7 Å². The fourth-order valence-electron chi connectivity index (χ4n) is 1.82. The van der Waals surface area contributed by atoms with Crippen LogP contribution in [0.2, 0.25) is 0 Å². The molecule has 7 heteroatoms. The number of rotatable bonds is 8. The molecule has 0 aromatic heterocycles. The third-order valence-corrected chi connectivity index (χ3v) is 4.54. The molecule has 0 fully saturated rings. The van der Waals surface area contributed by atoms with Crippen LogP contribution >= 0.6 is 0 Å². The third-order valence-electron chi connectivity index (χ3n) is 2.95. The molecule has 0 radical (unpaired) electrons. The molecule has 0 saturated carbocycles. The van der Waals surface area contributed by atoms with E-state index in [1.165, 1.54) is 14.2 Å². The summed E-state index contributed by atoms with van der Waals surface area (Å²) < 4.78 is 37.1. The highest BCUT2D eigenvalue weighted by molar-refractivity contribution is 7.89. The maximum Gasteiger partial charge on any atom is 0.240 e. The molecular formula is C13H22N2O4S. The minimum atomic E-state index is -3.57. The van der Waals surface area contributed by atoms with E-state index in [9.17, 15) is 8.42 Å². The molecule has 1 atom stereocenters. The lowest BCUT2D eigenvalue weighted by Crippen LogP contribution is -2.35. The lowest BCUT2D eigenvalue weighted by Gasteiger charge is -2.16. The van der Waals surface area contributed by atoms with Crippen molar-refractivity contribution in [3.63, 3.8) is 0 Å². The smallest absolute Gasteiger partial charge is 0.240 e. The predicted molar refractivity (Wildman–Crippen MR) is 76.9 cm³/mol. The van der Waals surface area contributed by atoms with Crippen LogP contribution < -0.4 is 10.5 Å². The lowest BCUT2D eigenvalue weighted by molar-refractivity contribution is 0.0320. The van der Waals surface area contributed by atoms with Crippen molar-refractivity contribution >= 4 is 10.0 Å². The number of nitrogens with two attached hydrogens (primary N) is 1.